The Morgan fingerprint density at radius 2 is 2.30 bits per heavy atom. The topological polar surface area (TPSA) is 97.4 Å². The van der Waals surface area contributed by atoms with Crippen LogP contribution >= 0.6 is 0 Å². The van der Waals surface area contributed by atoms with Gasteiger partial charge in [-0.3, -0.25) is 4.79 Å². The predicted molar refractivity (Wildman–Crippen MR) is 74.5 cm³/mol. The third-order valence-electron chi connectivity index (χ3n) is 2.53. The summed E-state index contributed by atoms with van der Waals surface area (Å²) in [4.78, 5) is 11.5. The van der Waals surface area contributed by atoms with Crippen LogP contribution in [-0.4, -0.2) is 32.2 Å². The van der Waals surface area contributed by atoms with E-state index in [0.717, 1.165) is 5.56 Å². The molecule has 108 valence electrons. The molecule has 0 aliphatic heterocycles. The molecule has 0 aromatic heterocycles. The van der Waals surface area contributed by atoms with Gasteiger partial charge in [-0.25, -0.2) is 0 Å². The van der Waals surface area contributed by atoms with Crippen molar-refractivity contribution < 1.29 is 14.3 Å². The monoisotopic (exact) mass is 277 g/mol. The lowest BCUT2D eigenvalue weighted by Crippen LogP contribution is -2.29. The van der Waals surface area contributed by atoms with Crippen molar-refractivity contribution in [3.63, 3.8) is 0 Å². The Kier molecular flexibility index (Phi) is 6.33. The number of nitrogens with zero attached hydrogens (tertiary/aromatic N) is 1. The van der Waals surface area contributed by atoms with Crippen molar-refractivity contribution in [3.05, 3.63) is 23.8 Å². The first-order chi connectivity index (χ1) is 9.58. The molecule has 0 radical (unpaired) electrons. The molecule has 0 spiro atoms. The van der Waals surface area contributed by atoms with Crippen LogP contribution < -0.4 is 20.5 Å². The molecule has 0 bridgehead atoms. The zero-order chi connectivity index (χ0) is 15.0. The Balaban J connectivity index is 2.80. The summed E-state index contributed by atoms with van der Waals surface area (Å²) in [6, 6.07) is 7.28. The fourth-order valence-electron chi connectivity index (χ4n) is 1.72. The van der Waals surface area contributed by atoms with Crippen molar-refractivity contribution in [2.75, 3.05) is 20.3 Å². The molecule has 0 aliphatic rings. The molecule has 1 aromatic rings. The number of carbonyl (C=O) groups excluding carboxylic acids is 1. The maximum Gasteiger partial charge on any atom is 0.258 e. The molecule has 0 heterocycles. The number of para-hydroxylation sites is 1. The van der Waals surface area contributed by atoms with Crippen molar-refractivity contribution >= 4 is 5.91 Å². The van der Waals surface area contributed by atoms with E-state index in [1.165, 1.54) is 7.11 Å². The quantitative estimate of drug-likeness (QED) is 0.711. The standard InChI is InChI=1S/C14H19N3O3/c1-10(16)8-11-4-3-5-12(19-2)14(11)20-9-13(18)17-7-6-15/h3-5,10H,7-9,16H2,1-2H3,(H,17,18). The predicted octanol–water partition coefficient (Wildman–Crippen LogP) is 0.603. The smallest absolute Gasteiger partial charge is 0.258 e. The van der Waals surface area contributed by atoms with Gasteiger partial charge in [0.2, 0.25) is 0 Å². The molecule has 0 fully saturated rings. The van der Waals surface area contributed by atoms with Crippen molar-refractivity contribution in [2.45, 2.75) is 19.4 Å². The Hall–Kier alpha value is -2.26. The molecule has 1 rings (SSSR count). The minimum atomic E-state index is -0.357. The highest BCUT2D eigenvalue weighted by Crippen LogP contribution is 2.31. The summed E-state index contributed by atoms with van der Waals surface area (Å²) in [7, 11) is 1.54. The normalized spacial score (nSPS) is 11.3. The first-order valence-corrected chi connectivity index (χ1v) is 6.26. The van der Waals surface area contributed by atoms with E-state index in [2.05, 4.69) is 5.32 Å². The average Bonchev–Trinajstić information content (AvgIpc) is 2.42. The van der Waals surface area contributed by atoms with Gasteiger partial charge in [-0.1, -0.05) is 12.1 Å². The molecule has 1 amide bonds. The van der Waals surface area contributed by atoms with E-state index in [1.54, 1.807) is 6.07 Å². The number of carbonyl (C=O) groups is 1. The van der Waals surface area contributed by atoms with Gasteiger partial charge >= 0.3 is 0 Å². The number of methoxy groups -OCH3 is 1. The third kappa shape index (κ3) is 4.78. The SMILES string of the molecule is COc1cccc(CC(C)N)c1OCC(=O)NCC#N. The molecule has 1 unspecified atom stereocenters. The van der Waals surface area contributed by atoms with E-state index in [4.69, 9.17) is 20.5 Å². The van der Waals surface area contributed by atoms with Crippen molar-refractivity contribution in [1.29, 1.82) is 5.26 Å². The molecule has 20 heavy (non-hydrogen) atoms. The Morgan fingerprint density at radius 1 is 1.55 bits per heavy atom. The summed E-state index contributed by atoms with van der Waals surface area (Å²) in [5.41, 5.74) is 6.68. The molecule has 0 saturated carbocycles. The second kappa shape index (κ2) is 8.02. The molecule has 1 aromatic carbocycles. The summed E-state index contributed by atoms with van der Waals surface area (Å²) in [5, 5.41) is 10.8. The first kappa shape index (κ1) is 15.8. The van der Waals surface area contributed by atoms with Crippen molar-refractivity contribution in [2.24, 2.45) is 5.73 Å². The molecule has 0 saturated heterocycles. The van der Waals surface area contributed by atoms with E-state index in [0.29, 0.717) is 17.9 Å². The van der Waals surface area contributed by atoms with Gasteiger partial charge in [0.05, 0.1) is 13.2 Å². The van der Waals surface area contributed by atoms with E-state index in [1.807, 2.05) is 25.1 Å². The molecule has 6 nitrogen and oxygen atoms in total. The average molecular weight is 277 g/mol. The lowest BCUT2D eigenvalue weighted by atomic mass is 10.1. The minimum Gasteiger partial charge on any atom is -0.493 e. The van der Waals surface area contributed by atoms with Gasteiger partial charge in [0.1, 0.15) is 6.54 Å². The van der Waals surface area contributed by atoms with Gasteiger partial charge in [0.25, 0.3) is 5.91 Å². The Morgan fingerprint density at radius 3 is 2.90 bits per heavy atom. The lowest BCUT2D eigenvalue weighted by molar-refractivity contribution is -0.122. The summed E-state index contributed by atoms with van der Waals surface area (Å²) in [6.45, 7) is 1.68. The van der Waals surface area contributed by atoms with Crippen LogP contribution in [0.2, 0.25) is 0 Å². The van der Waals surface area contributed by atoms with Gasteiger partial charge in [-0.05, 0) is 25.0 Å². The van der Waals surface area contributed by atoms with Gasteiger partial charge < -0.3 is 20.5 Å². The number of benzene rings is 1. The van der Waals surface area contributed by atoms with Crippen LogP contribution in [0.15, 0.2) is 18.2 Å². The van der Waals surface area contributed by atoms with Crippen LogP contribution in [0.1, 0.15) is 12.5 Å². The largest absolute Gasteiger partial charge is 0.493 e. The van der Waals surface area contributed by atoms with E-state index < -0.39 is 0 Å². The minimum absolute atomic E-state index is 0.0307. The number of nitrogens with two attached hydrogens (primary N) is 1. The second-order valence-electron chi connectivity index (χ2n) is 4.35. The van der Waals surface area contributed by atoms with E-state index in [-0.39, 0.29) is 25.1 Å². The van der Waals surface area contributed by atoms with E-state index >= 15 is 0 Å². The van der Waals surface area contributed by atoms with Gasteiger partial charge in [0.15, 0.2) is 18.1 Å². The Bertz CT molecular complexity index is 495. The fraction of sp³-hybridized carbons (Fsp3) is 0.429. The highest BCUT2D eigenvalue weighted by atomic mass is 16.5. The fourth-order valence-corrected chi connectivity index (χ4v) is 1.72. The zero-order valence-electron chi connectivity index (χ0n) is 11.7. The van der Waals surface area contributed by atoms with Crippen LogP contribution in [0.4, 0.5) is 0 Å². The molecule has 6 heteroatoms. The van der Waals surface area contributed by atoms with E-state index in [9.17, 15) is 4.79 Å². The highest BCUT2D eigenvalue weighted by molar-refractivity contribution is 5.77. The van der Waals surface area contributed by atoms with Crippen molar-refractivity contribution in [1.82, 2.24) is 5.32 Å². The van der Waals surface area contributed by atoms with Gasteiger partial charge in [0, 0.05) is 6.04 Å². The van der Waals surface area contributed by atoms with Crippen LogP contribution in [-0.2, 0) is 11.2 Å². The van der Waals surface area contributed by atoms with Crippen LogP contribution in [0, 0.1) is 11.3 Å². The summed E-state index contributed by atoms with van der Waals surface area (Å²) in [6.07, 6.45) is 0.617. The summed E-state index contributed by atoms with van der Waals surface area (Å²) >= 11 is 0. The number of rotatable bonds is 7. The number of ether oxygens (including phenoxy) is 2. The Labute approximate surface area is 118 Å². The number of hydrogen-bond donors (Lipinski definition) is 2. The van der Waals surface area contributed by atoms with Gasteiger partial charge in [-0.15, -0.1) is 0 Å². The summed E-state index contributed by atoms with van der Waals surface area (Å²) in [5.74, 6) is 0.708. The number of nitriles is 1. The lowest BCUT2D eigenvalue weighted by Gasteiger charge is -2.15. The number of nitrogens with one attached hydrogen (secondary N) is 1. The highest BCUT2D eigenvalue weighted by Gasteiger charge is 2.13. The molecule has 0 aliphatic carbocycles. The molecule has 3 N–H and O–H groups in total. The maximum absolute atomic E-state index is 11.5. The maximum atomic E-state index is 11.5. The molecule has 1 atom stereocenters. The first-order valence-electron chi connectivity index (χ1n) is 6.26. The molecular formula is C14H19N3O3. The number of amides is 1. The third-order valence-corrected chi connectivity index (χ3v) is 2.53. The van der Waals surface area contributed by atoms with Crippen LogP contribution in [0.5, 0.6) is 11.5 Å². The van der Waals surface area contributed by atoms with Gasteiger partial charge in [-0.2, -0.15) is 5.26 Å². The van der Waals surface area contributed by atoms with Crippen LogP contribution in [0.3, 0.4) is 0 Å². The summed E-state index contributed by atoms with van der Waals surface area (Å²) < 4.78 is 10.7. The van der Waals surface area contributed by atoms with Crippen LogP contribution in [0.25, 0.3) is 0 Å². The molecular weight excluding hydrogens is 258 g/mol. The second-order valence-corrected chi connectivity index (χ2v) is 4.35. The van der Waals surface area contributed by atoms with Crippen molar-refractivity contribution in [3.8, 4) is 17.6 Å². The number of hydrogen-bond acceptors (Lipinski definition) is 5. The zero-order valence-corrected chi connectivity index (χ0v) is 11.7.